The van der Waals surface area contributed by atoms with Crippen molar-refractivity contribution in [3.05, 3.63) is 24.2 Å². The molecule has 1 aromatic heterocycles. The summed E-state index contributed by atoms with van der Waals surface area (Å²) in [6.07, 6.45) is -0.580. The van der Waals surface area contributed by atoms with Gasteiger partial charge >= 0.3 is 6.18 Å². The Balaban J connectivity index is 2.09. The average molecular weight is 275 g/mol. The van der Waals surface area contributed by atoms with Crippen LogP contribution in [0.4, 0.5) is 13.2 Å². The van der Waals surface area contributed by atoms with E-state index in [2.05, 4.69) is 5.32 Å². The molecule has 1 fully saturated rings. The summed E-state index contributed by atoms with van der Waals surface area (Å²) in [5, 5.41) is 3.27. The van der Waals surface area contributed by atoms with Gasteiger partial charge in [-0.1, -0.05) is 13.3 Å². The van der Waals surface area contributed by atoms with Crippen LogP contribution in [0, 0.1) is 11.8 Å². The van der Waals surface area contributed by atoms with Gasteiger partial charge in [0.1, 0.15) is 5.76 Å². The zero-order valence-electron chi connectivity index (χ0n) is 11.0. The third kappa shape index (κ3) is 3.53. The van der Waals surface area contributed by atoms with Gasteiger partial charge in [0.15, 0.2) is 0 Å². The summed E-state index contributed by atoms with van der Waals surface area (Å²) in [5.74, 6) is -0.427. The molecule has 0 aromatic carbocycles. The van der Waals surface area contributed by atoms with E-state index in [0.29, 0.717) is 6.42 Å². The molecule has 0 spiro atoms. The Kier molecular flexibility index (Phi) is 4.55. The quantitative estimate of drug-likeness (QED) is 0.886. The van der Waals surface area contributed by atoms with Crippen molar-refractivity contribution >= 4 is 0 Å². The minimum atomic E-state index is -4.07. The maximum atomic E-state index is 12.9. The summed E-state index contributed by atoms with van der Waals surface area (Å²) in [5.41, 5.74) is 0. The zero-order chi connectivity index (χ0) is 13.9. The molecule has 1 heterocycles. The van der Waals surface area contributed by atoms with E-state index in [0.717, 1.165) is 18.7 Å². The lowest BCUT2D eigenvalue weighted by atomic mass is 9.77. The van der Waals surface area contributed by atoms with E-state index >= 15 is 0 Å². The molecule has 1 aliphatic rings. The third-order valence-corrected chi connectivity index (χ3v) is 3.92. The van der Waals surface area contributed by atoms with Gasteiger partial charge in [-0.2, -0.15) is 13.2 Å². The van der Waals surface area contributed by atoms with E-state index in [4.69, 9.17) is 4.42 Å². The van der Waals surface area contributed by atoms with E-state index < -0.39 is 12.1 Å². The fourth-order valence-corrected chi connectivity index (χ4v) is 3.02. The second-order valence-corrected chi connectivity index (χ2v) is 5.22. The first-order valence-electron chi connectivity index (χ1n) is 6.86. The average Bonchev–Trinajstić information content (AvgIpc) is 2.88. The lowest BCUT2D eigenvalue weighted by molar-refractivity contribution is -0.186. The Bertz CT molecular complexity index is 375. The van der Waals surface area contributed by atoms with E-state index in [1.807, 2.05) is 13.0 Å². The molecular weight excluding hydrogens is 255 g/mol. The maximum Gasteiger partial charge on any atom is 0.391 e. The number of alkyl halides is 3. The number of hydrogen-bond donors (Lipinski definition) is 1. The van der Waals surface area contributed by atoms with Crippen molar-refractivity contribution in [2.75, 3.05) is 6.54 Å². The molecule has 1 N–H and O–H groups in total. The summed E-state index contributed by atoms with van der Waals surface area (Å²) >= 11 is 0. The highest BCUT2D eigenvalue weighted by Gasteiger charge is 2.44. The summed E-state index contributed by atoms with van der Waals surface area (Å²) in [6.45, 7) is 2.68. The zero-order valence-corrected chi connectivity index (χ0v) is 11.0. The Labute approximate surface area is 111 Å². The molecule has 1 aliphatic carbocycles. The monoisotopic (exact) mass is 275 g/mol. The Morgan fingerprint density at radius 3 is 2.79 bits per heavy atom. The Morgan fingerprint density at radius 2 is 2.21 bits per heavy atom. The van der Waals surface area contributed by atoms with Gasteiger partial charge in [0.25, 0.3) is 0 Å². The van der Waals surface area contributed by atoms with Gasteiger partial charge < -0.3 is 9.73 Å². The Hall–Kier alpha value is -0.970. The van der Waals surface area contributed by atoms with Crippen molar-refractivity contribution in [1.29, 1.82) is 0 Å². The number of rotatable bonds is 4. The topological polar surface area (TPSA) is 25.2 Å². The molecular formula is C14H20F3NO. The normalized spacial score (nSPS) is 26.3. The van der Waals surface area contributed by atoms with Crippen LogP contribution >= 0.6 is 0 Å². The highest BCUT2D eigenvalue weighted by molar-refractivity contribution is 5.06. The number of hydrogen-bond acceptors (Lipinski definition) is 2. The van der Waals surface area contributed by atoms with Gasteiger partial charge in [0, 0.05) is 0 Å². The smallest absolute Gasteiger partial charge is 0.391 e. The van der Waals surface area contributed by atoms with Gasteiger partial charge in [0.2, 0.25) is 0 Å². The second-order valence-electron chi connectivity index (χ2n) is 5.22. The number of furan rings is 1. The molecule has 108 valence electrons. The predicted octanol–water partition coefficient (Wildman–Crippen LogP) is 4.30. The molecule has 0 radical (unpaired) electrons. The van der Waals surface area contributed by atoms with Crippen molar-refractivity contribution in [1.82, 2.24) is 5.32 Å². The molecule has 2 nitrogen and oxygen atoms in total. The molecule has 0 aliphatic heterocycles. The van der Waals surface area contributed by atoms with E-state index in [-0.39, 0.29) is 24.8 Å². The summed E-state index contributed by atoms with van der Waals surface area (Å²) < 4.78 is 44.0. The highest BCUT2D eigenvalue weighted by atomic mass is 19.4. The first kappa shape index (κ1) is 14.4. The molecule has 1 saturated carbocycles. The van der Waals surface area contributed by atoms with Crippen LogP contribution in [0.5, 0.6) is 0 Å². The van der Waals surface area contributed by atoms with Crippen molar-refractivity contribution in [2.24, 2.45) is 11.8 Å². The van der Waals surface area contributed by atoms with Crippen LogP contribution in [-0.2, 0) is 0 Å². The highest BCUT2D eigenvalue weighted by Crippen LogP contribution is 2.43. The molecule has 0 saturated heterocycles. The number of halogens is 3. The van der Waals surface area contributed by atoms with Crippen molar-refractivity contribution in [3.8, 4) is 0 Å². The molecule has 5 heteroatoms. The van der Waals surface area contributed by atoms with Gasteiger partial charge in [-0.05, 0) is 43.9 Å². The van der Waals surface area contributed by atoms with E-state index in [1.165, 1.54) is 0 Å². The fraction of sp³-hybridized carbons (Fsp3) is 0.714. The molecule has 3 atom stereocenters. The number of nitrogens with one attached hydrogen (secondary N) is 1. The summed E-state index contributed by atoms with van der Waals surface area (Å²) in [7, 11) is 0. The van der Waals surface area contributed by atoms with Crippen LogP contribution in [0.15, 0.2) is 22.8 Å². The van der Waals surface area contributed by atoms with Crippen LogP contribution in [0.3, 0.4) is 0 Å². The van der Waals surface area contributed by atoms with Crippen LogP contribution in [-0.4, -0.2) is 12.7 Å². The van der Waals surface area contributed by atoms with Gasteiger partial charge in [-0.25, -0.2) is 0 Å². The molecule has 2 rings (SSSR count). The van der Waals surface area contributed by atoms with E-state index in [9.17, 15) is 13.2 Å². The van der Waals surface area contributed by atoms with Gasteiger partial charge in [-0.3, -0.25) is 0 Å². The third-order valence-electron chi connectivity index (χ3n) is 3.92. The van der Waals surface area contributed by atoms with Gasteiger partial charge in [-0.15, -0.1) is 0 Å². The molecule has 1 aromatic rings. The van der Waals surface area contributed by atoms with E-state index in [1.54, 1.807) is 12.3 Å². The Morgan fingerprint density at radius 1 is 1.42 bits per heavy atom. The second kappa shape index (κ2) is 5.99. The fourth-order valence-electron chi connectivity index (χ4n) is 3.02. The SMILES string of the molecule is CCNC(c1ccco1)C1CCCC(C(F)(F)F)C1. The minimum Gasteiger partial charge on any atom is -0.468 e. The lowest BCUT2D eigenvalue weighted by Gasteiger charge is -2.34. The summed E-state index contributed by atoms with van der Waals surface area (Å²) in [6, 6.07) is 3.51. The van der Waals surface area contributed by atoms with Gasteiger partial charge in [0.05, 0.1) is 18.2 Å². The van der Waals surface area contributed by atoms with Crippen LogP contribution < -0.4 is 5.32 Å². The predicted molar refractivity (Wildman–Crippen MR) is 66.6 cm³/mol. The first-order valence-corrected chi connectivity index (χ1v) is 6.86. The maximum absolute atomic E-state index is 12.9. The standard InChI is InChI=1S/C14H20F3NO/c1-2-18-13(12-7-4-8-19-12)10-5-3-6-11(9-10)14(15,16)17/h4,7-8,10-11,13,18H,2-3,5-6,9H2,1H3. The largest absolute Gasteiger partial charge is 0.468 e. The van der Waals surface area contributed by atoms with Crippen molar-refractivity contribution in [2.45, 2.75) is 44.8 Å². The van der Waals surface area contributed by atoms with Crippen LogP contribution in [0.1, 0.15) is 44.4 Å². The lowest BCUT2D eigenvalue weighted by Crippen LogP contribution is -2.35. The molecule has 0 bridgehead atoms. The first-order chi connectivity index (χ1) is 9.02. The van der Waals surface area contributed by atoms with Crippen LogP contribution in [0.25, 0.3) is 0 Å². The van der Waals surface area contributed by atoms with Crippen molar-refractivity contribution < 1.29 is 17.6 Å². The van der Waals surface area contributed by atoms with Crippen LogP contribution in [0.2, 0.25) is 0 Å². The van der Waals surface area contributed by atoms with Crippen molar-refractivity contribution in [3.63, 3.8) is 0 Å². The molecule has 0 amide bonds. The minimum absolute atomic E-state index is 0.00789. The summed E-state index contributed by atoms with van der Waals surface area (Å²) in [4.78, 5) is 0. The molecule has 3 unspecified atom stereocenters. The molecule has 19 heavy (non-hydrogen) atoms.